The number of hydrogen-bond acceptors (Lipinski definition) is 5. The van der Waals surface area contributed by atoms with E-state index in [0.717, 1.165) is 16.7 Å². The summed E-state index contributed by atoms with van der Waals surface area (Å²) >= 11 is 6.62. The number of benzene rings is 2. The summed E-state index contributed by atoms with van der Waals surface area (Å²) in [7, 11) is 0. The molecule has 142 valence electrons. The number of amides is 2. The van der Waals surface area contributed by atoms with Crippen molar-refractivity contribution < 1.29 is 19.1 Å². The Labute approximate surface area is 171 Å². The van der Waals surface area contributed by atoms with Crippen LogP contribution in [0.15, 0.2) is 66.1 Å². The lowest BCUT2D eigenvalue weighted by Gasteiger charge is -2.11. The number of carbonyl (C=O) groups is 3. The molecule has 1 saturated heterocycles. The van der Waals surface area contributed by atoms with Gasteiger partial charge in [-0.2, -0.15) is 0 Å². The van der Waals surface area contributed by atoms with Crippen molar-refractivity contribution in [3.05, 3.63) is 82.2 Å². The van der Waals surface area contributed by atoms with Crippen LogP contribution in [0.4, 0.5) is 4.79 Å². The average Bonchev–Trinajstić information content (AvgIpc) is 2.95. The Bertz CT molecular complexity index is 969. The molecule has 0 radical (unpaired) electrons. The van der Waals surface area contributed by atoms with Crippen molar-refractivity contribution in [2.75, 3.05) is 13.2 Å². The summed E-state index contributed by atoms with van der Waals surface area (Å²) in [6.45, 7) is 3.61. The fourth-order valence-corrected chi connectivity index (χ4v) is 3.48. The van der Waals surface area contributed by atoms with Gasteiger partial charge in [0, 0.05) is 16.1 Å². The SMILES string of the molecule is C=CCOc1ccccc1/C=C1\SC(=O)N(CC(=O)c2ccc(Cl)cc2)C1=O. The Morgan fingerprint density at radius 3 is 2.57 bits per heavy atom. The molecule has 2 aromatic carbocycles. The Morgan fingerprint density at radius 2 is 1.86 bits per heavy atom. The molecule has 2 amide bonds. The van der Waals surface area contributed by atoms with Gasteiger partial charge in [-0.3, -0.25) is 19.3 Å². The van der Waals surface area contributed by atoms with Crippen molar-refractivity contribution in [1.29, 1.82) is 0 Å². The number of thioether (sulfide) groups is 1. The molecule has 2 aromatic rings. The van der Waals surface area contributed by atoms with Crippen LogP contribution in [0.2, 0.25) is 5.02 Å². The molecular weight excluding hydrogens is 398 g/mol. The van der Waals surface area contributed by atoms with Gasteiger partial charge in [0.2, 0.25) is 0 Å². The van der Waals surface area contributed by atoms with E-state index >= 15 is 0 Å². The first-order valence-corrected chi connectivity index (χ1v) is 9.56. The minimum Gasteiger partial charge on any atom is -0.489 e. The molecule has 0 N–H and O–H groups in total. The molecular formula is C21H16ClNO4S. The number of ether oxygens (including phenoxy) is 1. The van der Waals surface area contributed by atoms with E-state index in [-0.39, 0.29) is 17.2 Å². The van der Waals surface area contributed by atoms with Gasteiger partial charge < -0.3 is 4.74 Å². The molecule has 3 rings (SSSR count). The van der Waals surface area contributed by atoms with Gasteiger partial charge >= 0.3 is 0 Å². The molecule has 0 bridgehead atoms. The summed E-state index contributed by atoms with van der Waals surface area (Å²) in [5.74, 6) is -0.266. The van der Waals surface area contributed by atoms with Crippen LogP contribution in [0.5, 0.6) is 5.75 Å². The van der Waals surface area contributed by atoms with Crippen LogP contribution >= 0.6 is 23.4 Å². The first-order chi connectivity index (χ1) is 13.5. The zero-order valence-electron chi connectivity index (χ0n) is 14.8. The molecule has 28 heavy (non-hydrogen) atoms. The normalized spacial score (nSPS) is 15.2. The number of halogens is 1. The number of ketones is 1. The van der Waals surface area contributed by atoms with Crippen LogP contribution in [0.25, 0.3) is 6.08 Å². The Kier molecular flexibility index (Phi) is 6.34. The fourth-order valence-electron chi connectivity index (χ4n) is 2.53. The molecule has 1 fully saturated rings. The number of Topliss-reactive ketones (excluding diaryl/α,β-unsaturated/α-hetero) is 1. The maximum atomic E-state index is 12.7. The largest absolute Gasteiger partial charge is 0.489 e. The van der Waals surface area contributed by atoms with Gasteiger partial charge in [0.1, 0.15) is 12.4 Å². The minimum atomic E-state index is -0.504. The molecule has 0 aliphatic carbocycles. The van der Waals surface area contributed by atoms with E-state index in [0.29, 0.717) is 28.5 Å². The molecule has 0 unspecified atom stereocenters. The number of para-hydroxylation sites is 1. The van der Waals surface area contributed by atoms with Gasteiger partial charge in [0.15, 0.2) is 5.78 Å². The maximum Gasteiger partial charge on any atom is 0.293 e. The maximum absolute atomic E-state index is 12.7. The van der Waals surface area contributed by atoms with Crippen molar-refractivity contribution >= 4 is 46.4 Å². The van der Waals surface area contributed by atoms with E-state index in [1.807, 2.05) is 6.07 Å². The zero-order valence-corrected chi connectivity index (χ0v) is 16.3. The van der Waals surface area contributed by atoms with Crippen molar-refractivity contribution in [3.8, 4) is 5.75 Å². The second-order valence-electron chi connectivity index (χ2n) is 5.84. The zero-order chi connectivity index (χ0) is 20.1. The lowest BCUT2D eigenvalue weighted by Crippen LogP contribution is -2.33. The van der Waals surface area contributed by atoms with E-state index in [1.54, 1.807) is 54.6 Å². The van der Waals surface area contributed by atoms with Crippen molar-refractivity contribution in [2.45, 2.75) is 0 Å². The minimum absolute atomic E-state index is 0.239. The fraction of sp³-hybridized carbons (Fsp3) is 0.0952. The first kappa shape index (κ1) is 19.9. The van der Waals surface area contributed by atoms with E-state index < -0.39 is 11.1 Å². The molecule has 0 aromatic heterocycles. The van der Waals surface area contributed by atoms with Gasteiger partial charge in [-0.25, -0.2) is 0 Å². The third-order valence-corrected chi connectivity index (χ3v) is 5.06. The van der Waals surface area contributed by atoms with Gasteiger partial charge in [-0.1, -0.05) is 42.5 Å². The molecule has 5 nitrogen and oxygen atoms in total. The predicted octanol–water partition coefficient (Wildman–Crippen LogP) is 4.82. The number of carbonyl (C=O) groups excluding carboxylic acids is 3. The molecule has 0 saturated carbocycles. The Hall–Kier alpha value is -2.83. The Balaban J connectivity index is 1.78. The van der Waals surface area contributed by atoms with Crippen LogP contribution in [0, 0.1) is 0 Å². The van der Waals surface area contributed by atoms with Crippen molar-refractivity contribution in [2.24, 2.45) is 0 Å². The van der Waals surface area contributed by atoms with E-state index in [2.05, 4.69) is 6.58 Å². The van der Waals surface area contributed by atoms with Gasteiger partial charge in [0.25, 0.3) is 11.1 Å². The number of hydrogen-bond donors (Lipinski definition) is 0. The lowest BCUT2D eigenvalue weighted by atomic mass is 10.1. The van der Waals surface area contributed by atoms with E-state index in [1.165, 1.54) is 0 Å². The van der Waals surface area contributed by atoms with Crippen molar-refractivity contribution in [3.63, 3.8) is 0 Å². The molecule has 1 aliphatic rings. The number of rotatable bonds is 7. The van der Waals surface area contributed by atoms with E-state index in [4.69, 9.17) is 16.3 Å². The Morgan fingerprint density at radius 1 is 1.14 bits per heavy atom. The molecule has 0 atom stereocenters. The smallest absolute Gasteiger partial charge is 0.293 e. The van der Waals surface area contributed by atoms with Crippen LogP contribution < -0.4 is 4.74 Å². The highest BCUT2D eigenvalue weighted by molar-refractivity contribution is 8.18. The van der Waals surface area contributed by atoms with Crippen LogP contribution in [-0.2, 0) is 4.79 Å². The van der Waals surface area contributed by atoms with Gasteiger partial charge in [-0.05, 0) is 48.2 Å². The van der Waals surface area contributed by atoms with Crippen molar-refractivity contribution in [1.82, 2.24) is 4.90 Å². The number of imide groups is 1. The number of nitrogens with zero attached hydrogens (tertiary/aromatic N) is 1. The summed E-state index contributed by atoms with van der Waals surface area (Å²) in [6, 6.07) is 13.5. The second kappa shape index (κ2) is 8.91. The highest BCUT2D eigenvalue weighted by Crippen LogP contribution is 2.34. The highest BCUT2D eigenvalue weighted by atomic mass is 35.5. The monoisotopic (exact) mass is 413 g/mol. The molecule has 1 heterocycles. The summed E-state index contributed by atoms with van der Waals surface area (Å²) in [4.78, 5) is 38.5. The second-order valence-corrected chi connectivity index (χ2v) is 7.27. The summed E-state index contributed by atoms with van der Waals surface area (Å²) in [5.41, 5.74) is 1.05. The summed E-state index contributed by atoms with van der Waals surface area (Å²) in [5, 5.41) is 0.0195. The predicted molar refractivity (Wildman–Crippen MR) is 111 cm³/mol. The molecule has 1 aliphatic heterocycles. The summed E-state index contributed by atoms with van der Waals surface area (Å²) < 4.78 is 5.57. The first-order valence-electron chi connectivity index (χ1n) is 8.36. The summed E-state index contributed by atoms with van der Waals surface area (Å²) in [6.07, 6.45) is 3.21. The highest BCUT2D eigenvalue weighted by Gasteiger charge is 2.36. The third kappa shape index (κ3) is 4.52. The molecule has 7 heteroatoms. The third-order valence-electron chi connectivity index (χ3n) is 3.90. The lowest BCUT2D eigenvalue weighted by molar-refractivity contribution is -0.122. The van der Waals surface area contributed by atoms with Crippen LogP contribution in [0.3, 0.4) is 0 Å². The molecule has 0 spiro atoms. The van der Waals surface area contributed by atoms with Crippen LogP contribution in [0.1, 0.15) is 15.9 Å². The van der Waals surface area contributed by atoms with Gasteiger partial charge in [-0.15, -0.1) is 0 Å². The van der Waals surface area contributed by atoms with E-state index in [9.17, 15) is 14.4 Å². The average molecular weight is 414 g/mol. The van der Waals surface area contributed by atoms with Gasteiger partial charge in [0.05, 0.1) is 11.4 Å². The quantitative estimate of drug-likeness (QED) is 0.370. The topological polar surface area (TPSA) is 63.7 Å². The van der Waals surface area contributed by atoms with Crippen LogP contribution in [-0.4, -0.2) is 35.0 Å². The standard InChI is InChI=1S/C21H16ClNO4S/c1-2-11-27-18-6-4-3-5-15(18)12-19-20(25)23(21(26)28-19)13-17(24)14-7-9-16(22)10-8-14/h2-10,12H,1,11,13H2/b19-12-.